The number of carbonyl (C=O) groups excluding carboxylic acids is 1. The minimum absolute atomic E-state index is 0.368. The molecule has 5 N–H and O–H groups in total. The molecule has 0 saturated carbocycles. The fourth-order valence-electron chi connectivity index (χ4n) is 1.33. The Bertz CT molecular complexity index is 565. The number of hydrazine groups is 1. The summed E-state index contributed by atoms with van der Waals surface area (Å²) in [5.41, 5.74) is 7.98. The Morgan fingerprint density at radius 2 is 2.39 bits per heavy atom. The predicted molar refractivity (Wildman–Crippen MR) is 69.0 cm³/mol. The number of rotatable bonds is 4. The first-order chi connectivity index (χ1) is 8.60. The van der Waals surface area contributed by atoms with E-state index >= 15 is 0 Å². The third kappa shape index (κ3) is 2.81. The van der Waals surface area contributed by atoms with Crippen LogP contribution in [0.2, 0.25) is 0 Å². The molecule has 1 amide bonds. The Morgan fingerprint density at radius 3 is 3.00 bits per heavy atom. The van der Waals surface area contributed by atoms with E-state index in [4.69, 9.17) is 16.0 Å². The maximum absolute atomic E-state index is 11.4. The number of aromatic nitrogens is 2. The molecule has 0 unspecified atom stereocenters. The minimum atomic E-state index is -0.368. The lowest BCUT2D eigenvalue weighted by atomic mass is 10.2. The quantitative estimate of drug-likeness (QED) is 0.330. The van der Waals surface area contributed by atoms with E-state index in [0.29, 0.717) is 28.0 Å². The highest BCUT2D eigenvalue weighted by Crippen LogP contribution is 2.28. The molecule has 0 bridgehead atoms. The number of aryl methyl sites for hydroxylation is 1. The molecule has 2 heterocycles. The fraction of sp³-hybridized carbons (Fsp3) is 0.222. The van der Waals surface area contributed by atoms with Crippen molar-refractivity contribution in [2.45, 2.75) is 17.0 Å². The average molecular weight is 285 g/mol. The van der Waals surface area contributed by atoms with Crippen molar-refractivity contribution in [2.75, 3.05) is 5.73 Å². The van der Waals surface area contributed by atoms with Crippen LogP contribution < -0.4 is 17.0 Å². The fourth-order valence-corrected chi connectivity index (χ4v) is 2.85. The van der Waals surface area contributed by atoms with E-state index in [1.807, 2.05) is 0 Å². The van der Waals surface area contributed by atoms with Crippen LogP contribution in [0.5, 0.6) is 0 Å². The van der Waals surface area contributed by atoms with Crippen molar-refractivity contribution in [1.29, 1.82) is 0 Å². The predicted octanol–water partition coefficient (Wildman–Crippen LogP) is 0.918. The Balaban J connectivity index is 2.04. The van der Waals surface area contributed by atoms with Crippen molar-refractivity contribution in [1.82, 2.24) is 15.6 Å². The van der Waals surface area contributed by atoms with Crippen LogP contribution in [0.3, 0.4) is 0 Å². The molecule has 7 nitrogen and oxygen atoms in total. The van der Waals surface area contributed by atoms with Gasteiger partial charge in [-0.3, -0.25) is 10.2 Å². The van der Waals surface area contributed by atoms with Gasteiger partial charge in [-0.05, 0) is 13.0 Å². The number of nitrogens with one attached hydrogen (secondary N) is 1. The number of carbonyl (C=O) groups is 1. The molecule has 2 aromatic rings. The highest BCUT2D eigenvalue weighted by atomic mass is 32.2. The smallest absolute Gasteiger partial charge is 0.268 e. The minimum Gasteiger partial charge on any atom is -0.465 e. The van der Waals surface area contributed by atoms with Crippen LogP contribution in [-0.2, 0) is 5.75 Å². The van der Waals surface area contributed by atoms with E-state index in [9.17, 15) is 4.79 Å². The molecule has 0 radical (unpaired) electrons. The van der Waals surface area contributed by atoms with Crippen molar-refractivity contribution < 1.29 is 9.21 Å². The molecular formula is C9H11N5O2S2. The van der Waals surface area contributed by atoms with Gasteiger partial charge in [0, 0.05) is 0 Å². The molecule has 96 valence electrons. The molecule has 0 saturated heterocycles. The largest absolute Gasteiger partial charge is 0.465 e. The summed E-state index contributed by atoms with van der Waals surface area (Å²) in [5.74, 6) is 6.46. The molecular weight excluding hydrogens is 274 g/mol. The number of thioether (sulfide) groups is 1. The van der Waals surface area contributed by atoms with Crippen LogP contribution >= 0.6 is 23.1 Å². The van der Waals surface area contributed by atoms with Crippen LogP contribution in [-0.4, -0.2) is 16.1 Å². The van der Waals surface area contributed by atoms with E-state index in [1.54, 1.807) is 13.0 Å². The van der Waals surface area contributed by atoms with Gasteiger partial charge in [-0.25, -0.2) is 5.84 Å². The van der Waals surface area contributed by atoms with Crippen LogP contribution in [0.25, 0.3) is 0 Å². The van der Waals surface area contributed by atoms with Crippen molar-refractivity contribution in [3.05, 3.63) is 23.2 Å². The van der Waals surface area contributed by atoms with Crippen molar-refractivity contribution in [3.63, 3.8) is 0 Å². The normalized spacial score (nSPS) is 10.6. The van der Waals surface area contributed by atoms with E-state index in [-0.39, 0.29) is 5.91 Å². The van der Waals surface area contributed by atoms with Gasteiger partial charge in [0.05, 0.1) is 11.3 Å². The van der Waals surface area contributed by atoms with Crippen molar-refractivity contribution in [2.24, 2.45) is 5.84 Å². The highest BCUT2D eigenvalue weighted by molar-refractivity contribution is 8.00. The summed E-state index contributed by atoms with van der Waals surface area (Å²) < 4.78 is 6.21. The lowest BCUT2D eigenvalue weighted by Crippen LogP contribution is -2.30. The van der Waals surface area contributed by atoms with Gasteiger partial charge in [0.15, 0.2) is 4.34 Å². The molecule has 0 aliphatic heterocycles. The van der Waals surface area contributed by atoms with Crippen molar-refractivity contribution >= 4 is 34.1 Å². The van der Waals surface area contributed by atoms with Gasteiger partial charge in [0.25, 0.3) is 5.91 Å². The lowest BCUT2D eigenvalue weighted by molar-refractivity contribution is 0.0952. The van der Waals surface area contributed by atoms with Gasteiger partial charge in [-0.1, -0.05) is 23.1 Å². The van der Waals surface area contributed by atoms with Gasteiger partial charge < -0.3 is 10.2 Å². The molecule has 2 aromatic heterocycles. The first-order valence-electron chi connectivity index (χ1n) is 4.92. The van der Waals surface area contributed by atoms with E-state index < -0.39 is 0 Å². The Kier molecular flexibility index (Phi) is 3.84. The molecule has 18 heavy (non-hydrogen) atoms. The first-order valence-corrected chi connectivity index (χ1v) is 6.72. The highest BCUT2D eigenvalue weighted by Gasteiger charge is 2.14. The Labute approximate surface area is 111 Å². The summed E-state index contributed by atoms with van der Waals surface area (Å²) in [4.78, 5) is 11.4. The second-order valence-electron chi connectivity index (χ2n) is 3.35. The van der Waals surface area contributed by atoms with Crippen LogP contribution in [0.4, 0.5) is 5.13 Å². The molecule has 0 aliphatic carbocycles. The van der Waals surface area contributed by atoms with E-state index in [0.717, 1.165) is 4.34 Å². The number of hydrogen-bond acceptors (Lipinski definition) is 8. The molecule has 0 aliphatic rings. The van der Waals surface area contributed by atoms with Crippen molar-refractivity contribution in [3.8, 4) is 0 Å². The third-order valence-electron chi connectivity index (χ3n) is 2.10. The first kappa shape index (κ1) is 12.9. The van der Waals surface area contributed by atoms with E-state index in [2.05, 4.69) is 15.6 Å². The summed E-state index contributed by atoms with van der Waals surface area (Å²) in [6, 6.07) is 1.66. The molecule has 0 aromatic carbocycles. The summed E-state index contributed by atoms with van der Waals surface area (Å²) in [7, 11) is 0. The zero-order chi connectivity index (χ0) is 13.1. The summed E-state index contributed by atoms with van der Waals surface area (Å²) >= 11 is 2.75. The molecule has 0 spiro atoms. The Morgan fingerprint density at radius 1 is 1.61 bits per heavy atom. The number of nitrogens with zero attached hydrogens (tertiary/aromatic N) is 2. The molecule has 2 rings (SSSR count). The van der Waals surface area contributed by atoms with Crippen LogP contribution in [0, 0.1) is 6.92 Å². The number of furan rings is 1. The maximum atomic E-state index is 11.4. The zero-order valence-electron chi connectivity index (χ0n) is 9.47. The molecule has 0 fully saturated rings. The number of nitrogens with two attached hydrogens (primary N) is 2. The van der Waals surface area contributed by atoms with Gasteiger partial charge in [-0.2, -0.15) is 0 Å². The summed E-state index contributed by atoms with van der Waals surface area (Å²) in [5, 5.41) is 8.01. The molecule has 0 atom stereocenters. The second kappa shape index (κ2) is 5.38. The topological polar surface area (TPSA) is 120 Å². The van der Waals surface area contributed by atoms with Gasteiger partial charge >= 0.3 is 0 Å². The van der Waals surface area contributed by atoms with E-state index in [1.165, 1.54) is 23.1 Å². The number of amides is 1. The number of anilines is 1. The summed E-state index contributed by atoms with van der Waals surface area (Å²) in [6.45, 7) is 1.71. The number of nitrogen functional groups attached to an aromatic ring is 2. The standard InChI is InChI=1S/C9H11N5O2S2/c1-4-6(7(15)12-11)2-5(16-4)3-17-9-14-13-8(10)18-9/h2H,3,11H2,1H3,(H2,10,13)(H,12,15). The maximum Gasteiger partial charge on any atom is 0.268 e. The van der Waals surface area contributed by atoms with Gasteiger partial charge in [0.1, 0.15) is 11.5 Å². The monoisotopic (exact) mass is 285 g/mol. The zero-order valence-corrected chi connectivity index (χ0v) is 11.1. The Hall–Kier alpha value is -1.58. The second-order valence-corrected chi connectivity index (χ2v) is 5.58. The SMILES string of the molecule is Cc1oc(CSc2nnc(N)s2)cc1C(=O)NN. The van der Waals surface area contributed by atoms with Gasteiger partial charge in [0.2, 0.25) is 5.13 Å². The lowest BCUT2D eigenvalue weighted by Gasteiger charge is -1.93. The van der Waals surface area contributed by atoms with Crippen LogP contribution in [0.1, 0.15) is 21.9 Å². The molecule has 9 heteroatoms. The van der Waals surface area contributed by atoms with Gasteiger partial charge in [-0.15, -0.1) is 10.2 Å². The summed E-state index contributed by atoms with van der Waals surface area (Å²) in [6.07, 6.45) is 0. The van der Waals surface area contributed by atoms with Crippen LogP contribution in [0.15, 0.2) is 14.8 Å². The average Bonchev–Trinajstić information content (AvgIpc) is 2.92. The number of hydrogen-bond donors (Lipinski definition) is 3. The third-order valence-corrected chi connectivity index (χ3v) is 4.01.